The number of hydrogen-bond acceptors (Lipinski definition) is 5. The molecule has 29 heavy (non-hydrogen) atoms. The molecule has 8 heteroatoms. The fourth-order valence-corrected chi connectivity index (χ4v) is 4.24. The van der Waals surface area contributed by atoms with Gasteiger partial charge in [0, 0.05) is 28.4 Å². The minimum atomic E-state index is -0.504. The van der Waals surface area contributed by atoms with Crippen LogP contribution in [0.4, 0.5) is 11.4 Å². The fourth-order valence-electron chi connectivity index (χ4n) is 2.90. The van der Waals surface area contributed by atoms with E-state index >= 15 is 0 Å². The summed E-state index contributed by atoms with van der Waals surface area (Å²) in [6.07, 6.45) is 0. The number of para-hydroxylation sites is 1. The number of amides is 1. The number of nitro benzene ring substituents is 1. The first-order valence-electron chi connectivity index (χ1n) is 8.64. The molecule has 0 radical (unpaired) electrons. The molecule has 1 amide bonds. The van der Waals surface area contributed by atoms with Crippen LogP contribution in [0.25, 0.3) is 20.8 Å². The Hall–Kier alpha value is -3.29. The van der Waals surface area contributed by atoms with Crippen LogP contribution >= 0.6 is 22.9 Å². The second-order valence-electron chi connectivity index (χ2n) is 6.39. The standard InChI is InChI=1S/C21H14ClN3O3S/c1-12-6-7-13(10-18(12)25(27)28)20(26)23-14-8-9-15(16(22)11-14)21-24-17-4-2-3-5-19(17)29-21/h2-11H,1H3,(H,23,26). The molecule has 0 aliphatic heterocycles. The van der Waals surface area contributed by atoms with Crippen molar-refractivity contribution in [1.29, 1.82) is 0 Å². The summed E-state index contributed by atoms with van der Waals surface area (Å²) in [7, 11) is 0. The molecule has 0 saturated heterocycles. The lowest BCUT2D eigenvalue weighted by molar-refractivity contribution is -0.385. The molecule has 0 spiro atoms. The Balaban J connectivity index is 1.59. The van der Waals surface area contributed by atoms with Crippen molar-refractivity contribution in [2.24, 2.45) is 0 Å². The maximum absolute atomic E-state index is 12.5. The van der Waals surface area contributed by atoms with Crippen LogP contribution in [0.5, 0.6) is 0 Å². The van der Waals surface area contributed by atoms with Crippen LogP contribution in [0.15, 0.2) is 60.7 Å². The van der Waals surface area contributed by atoms with Gasteiger partial charge < -0.3 is 5.32 Å². The first kappa shape index (κ1) is 19.0. The van der Waals surface area contributed by atoms with Crippen LogP contribution < -0.4 is 5.32 Å². The number of thiazole rings is 1. The van der Waals surface area contributed by atoms with E-state index in [9.17, 15) is 14.9 Å². The third-order valence-electron chi connectivity index (χ3n) is 4.42. The second-order valence-corrected chi connectivity index (χ2v) is 7.83. The maximum Gasteiger partial charge on any atom is 0.273 e. The van der Waals surface area contributed by atoms with E-state index in [1.54, 1.807) is 48.6 Å². The molecule has 0 aliphatic rings. The summed E-state index contributed by atoms with van der Waals surface area (Å²) in [6, 6.07) is 17.4. The summed E-state index contributed by atoms with van der Waals surface area (Å²) in [5.41, 5.74) is 2.78. The fraction of sp³-hybridized carbons (Fsp3) is 0.0476. The van der Waals surface area contributed by atoms with Crippen molar-refractivity contribution in [3.05, 3.63) is 86.9 Å². The molecular formula is C21H14ClN3O3S. The number of hydrogen-bond donors (Lipinski definition) is 1. The molecule has 0 atom stereocenters. The molecule has 1 heterocycles. The Morgan fingerprint density at radius 2 is 1.93 bits per heavy atom. The number of nitrogens with one attached hydrogen (secondary N) is 1. The van der Waals surface area contributed by atoms with Crippen LogP contribution in [0.1, 0.15) is 15.9 Å². The molecule has 0 fully saturated rings. The van der Waals surface area contributed by atoms with Crippen LogP contribution in [-0.4, -0.2) is 15.8 Å². The van der Waals surface area contributed by atoms with Crippen LogP contribution in [0.2, 0.25) is 5.02 Å². The van der Waals surface area contributed by atoms with E-state index in [1.807, 2.05) is 24.3 Å². The van der Waals surface area contributed by atoms with Gasteiger partial charge in [0.15, 0.2) is 0 Å². The summed E-state index contributed by atoms with van der Waals surface area (Å²) < 4.78 is 1.07. The zero-order valence-corrected chi connectivity index (χ0v) is 16.8. The number of benzene rings is 3. The molecule has 4 rings (SSSR count). The first-order chi connectivity index (χ1) is 13.9. The number of halogens is 1. The molecule has 0 aliphatic carbocycles. The lowest BCUT2D eigenvalue weighted by Crippen LogP contribution is -2.12. The van der Waals surface area contributed by atoms with Crippen LogP contribution in [-0.2, 0) is 0 Å². The Bertz CT molecular complexity index is 1240. The molecule has 0 unspecified atom stereocenters. The lowest BCUT2D eigenvalue weighted by atomic mass is 10.1. The highest BCUT2D eigenvalue weighted by Gasteiger charge is 2.16. The molecular weight excluding hydrogens is 410 g/mol. The number of rotatable bonds is 4. The normalized spacial score (nSPS) is 10.8. The van der Waals surface area contributed by atoms with E-state index in [-0.39, 0.29) is 11.3 Å². The third kappa shape index (κ3) is 3.83. The molecule has 144 valence electrons. The van der Waals surface area contributed by atoms with Crippen molar-refractivity contribution in [2.45, 2.75) is 6.92 Å². The third-order valence-corrected chi connectivity index (χ3v) is 5.80. The Morgan fingerprint density at radius 3 is 2.66 bits per heavy atom. The van der Waals surface area contributed by atoms with Gasteiger partial charge >= 0.3 is 0 Å². The molecule has 0 saturated carbocycles. The van der Waals surface area contributed by atoms with Gasteiger partial charge in [-0.05, 0) is 43.3 Å². The number of aromatic nitrogens is 1. The average molecular weight is 424 g/mol. The largest absolute Gasteiger partial charge is 0.322 e. The zero-order chi connectivity index (χ0) is 20.5. The summed E-state index contributed by atoms with van der Waals surface area (Å²) in [5.74, 6) is -0.447. The molecule has 1 N–H and O–H groups in total. The molecule has 3 aromatic carbocycles. The number of nitro groups is 1. The van der Waals surface area contributed by atoms with Gasteiger partial charge in [-0.15, -0.1) is 11.3 Å². The van der Waals surface area contributed by atoms with Gasteiger partial charge in [0.1, 0.15) is 5.01 Å². The Morgan fingerprint density at radius 1 is 1.14 bits per heavy atom. The van der Waals surface area contributed by atoms with E-state index in [0.29, 0.717) is 16.3 Å². The van der Waals surface area contributed by atoms with Gasteiger partial charge in [-0.25, -0.2) is 4.98 Å². The molecule has 1 aromatic heterocycles. The molecule has 0 bridgehead atoms. The van der Waals surface area contributed by atoms with Gasteiger partial charge in [0.25, 0.3) is 11.6 Å². The number of fused-ring (bicyclic) bond motifs is 1. The topological polar surface area (TPSA) is 85.1 Å². The number of anilines is 1. The number of carbonyl (C=O) groups is 1. The van der Waals surface area contributed by atoms with Crippen LogP contribution in [0.3, 0.4) is 0 Å². The SMILES string of the molecule is Cc1ccc(C(=O)Nc2ccc(-c3nc4ccccc4s3)c(Cl)c2)cc1[N+](=O)[O-]. The van der Waals surface area contributed by atoms with Crippen molar-refractivity contribution in [3.8, 4) is 10.6 Å². The average Bonchev–Trinajstić information content (AvgIpc) is 3.12. The van der Waals surface area contributed by atoms with Gasteiger partial charge in [0.2, 0.25) is 0 Å². The zero-order valence-electron chi connectivity index (χ0n) is 15.2. The maximum atomic E-state index is 12.5. The summed E-state index contributed by atoms with van der Waals surface area (Å²) >= 11 is 7.97. The quantitative estimate of drug-likeness (QED) is 0.318. The number of carbonyl (C=O) groups excluding carboxylic acids is 1. The summed E-state index contributed by atoms with van der Waals surface area (Å²) in [4.78, 5) is 27.7. The van der Waals surface area contributed by atoms with Gasteiger partial charge in [-0.3, -0.25) is 14.9 Å². The van der Waals surface area contributed by atoms with E-state index in [4.69, 9.17) is 11.6 Å². The van der Waals surface area contributed by atoms with E-state index in [1.165, 1.54) is 6.07 Å². The van der Waals surface area contributed by atoms with Crippen molar-refractivity contribution in [2.75, 3.05) is 5.32 Å². The van der Waals surface area contributed by atoms with E-state index < -0.39 is 10.8 Å². The Kier molecular flexibility index (Phi) is 5.00. The highest BCUT2D eigenvalue weighted by Crippen LogP contribution is 2.35. The lowest BCUT2D eigenvalue weighted by Gasteiger charge is -2.08. The van der Waals surface area contributed by atoms with Crippen molar-refractivity contribution < 1.29 is 9.72 Å². The monoisotopic (exact) mass is 423 g/mol. The smallest absolute Gasteiger partial charge is 0.273 e. The summed E-state index contributed by atoms with van der Waals surface area (Å²) in [6.45, 7) is 1.63. The van der Waals surface area contributed by atoms with Gasteiger partial charge in [0.05, 0.1) is 20.2 Å². The van der Waals surface area contributed by atoms with E-state index in [2.05, 4.69) is 10.3 Å². The highest BCUT2D eigenvalue weighted by atomic mass is 35.5. The van der Waals surface area contributed by atoms with Crippen molar-refractivity contribution >= 4 is 50.4 Å². The Labute approximate surface area is 174 Å². The van der Waals surface area contributed by atoms with Gasteiger partial charge in [-0.1, -0.05) is 29.8 Å². The number of aryl methyl sites for hydroxylation is 1. The number of nitrogens with zero attached hydrogens (tertiary/aromatic N) is 2. The minimum absolute atomic E-state index is 0.0955. The molecule has 4 aromatic rings. The summed E-state index contributed by atoms with van der Waals surface area (Å²) in [5, 5.41) is 15.1. The van der Waals surface area contributed by atoms with E-state index in [0.717, 1.165) is 20.8 Å². The van der Waals surface area contributed by atoms with Gasteiger partial charge in [-0.2, -0.15) is 0 Å². The highest BCUT2D eigenvalue weighted by molar-refractivity contribution is 7.21. The van der Waals surface area contributed by atoms with Crippen molar-refractivity contribution in [1.82, 2.24) is 4.98 Å². The second kappa shape index (κ2) is 7.62. The van der Waals surface area contributed by atoms with Crippen molar-refractivity contribution in [3.63, 3.8) is 0 Å². The predicted molar refractivity (Wildman–Crippen MR) is 116 cm³/mol. The van der Waals surface area contributed by atoms with Crippen LogP contribution in [0, 0.1) is 17.0 Å². The minimum Gasteiger partial charge on any atom is -0.322 e. The predicted octanol–water partition coefficient (Wildman–Crippen LogP) is 6.09. The molecule has 6 nitrogen and oxygen atoms in total. The first-order valence-corrected chi connectivity index (χ1v) is 9.84.